The molecule has 0 aliphatic carbocycles. The van der Waals surface area contributed by atoms with E-state index in [1.807, 2.05) is 0 Å². The number of hydrogen-bond acceptors (Lipinski definition) is 4. The quantitative estimate of drug-likeness (QED) is 0.286. The Labute approximate surface area is 76.3 Å². The summed E-state index contributed by atoms with van der Waals surface area (Å²) in [5, 5.41) is 27.3. The number of nitrogens with zero attached hydrogens (tertiary/aromatic N) is 2. The summed E-state index contributed by atoms with van der Waals surface area (Å²) in [6.45, 7) is 0. The van der Waals surface area contributed by atoms with Gasteiger partial charge in [0.25, 0.3) is 10.2 Å². The molecule has 0 spiro atoms. The molecule has 8 nitrogen and oxygen atoms in total. The fourth-order valence-corrected chi connectivity index (χ4v) is 0. The van der Waals surface area contributed by atoms with Gasteiger partial charge in [-0.25, -0.2) is 0 Å². The first-order chi connectivity index (χ1) is 3.46. The zero-order valence-corrected chi connectivity index (χ0v) is 5.54. The molecule has 0 fully saturated rings. The molecule has 9 heavy (non-hydrogen) atoms. The minimum Gasteiger partial charge on any atom is -1.00 e. The molecule has 0 unspecified atom stereocenters. The van der Waals surface area contributed by atoms with Gasteiger partial charge >= 0.3 is 31.6 Å². The van der Waals surface area contributed by atoms with Crippen molar-refractivity contribution in [3.8, 4) is 0 Å². The molecule has 0 heterocycles. The van der Waals surface area contributed by atoms with Crippen LogP contribution in [0.4, 0.5) is 0 Å². The molecule has 0 saturated heterocycles. The minimum absolute atomic E-state index is 0. The van der Waals surface area contributed by atoms with E-state index in [9.17, 15) is 0 Å². The van der Waals surface area contributed by atoms with Gasteiger partial charge in [0, 0.05) is 0 Å². The topological polar surface area (TPSA) is 127 Å². The van der Waals surface area contributed by atoms with Gasteiger partial charge in [-0.3, -0.25) is 0 Å². The molecule has 0 aliphatic heterocycles. The van der Waals surface area contributed by atoms with Crippen molar-refractivity contribution in [1.82, 2.24) is 0 Å². The van der Waals surface area contributed by atoms with Crippen molar-refractivity contribution in [3.63, 3.8) is 0 Å². The van der Waals surface area contributed by atoms with E-state index in [0.29, 0.717) is 0 Å². The van der Waals surface area contributed by atoms with Gasteiger partial charge in [-0.2, -0.15) is 0 Å². The van der Waals surface area contributed by atoms with E-state index in [0.717, 1.165) is 0 Å². The molecule has 0 aromatic heterocycles. The Bertz CT molecular complexity index is 86.0. The van der Waals surface area contributed by atoms with Crippen LogP contribution in [0.3, 0.4) is 0 Å². The van der Waals surface area contributed by atoms with Gasteiger partial charge in [0.15, 0.2) is 0 Å². The molecule has 0 saturated carbocycles. The maximum atomic E-state index is 8.36. The maximum absolute atomic E-state index is 8.36. The predicted octanol–water partition coefficient (Wildman–Crippen LogP) is -0.176. The van der Waals surface area contributed by atoms with Crippen molar-refractivity contribution in [3.05, 3.63) is 20.2 Å². The Morgan fingerprint density at radius 3 is 1.22 bits per heavy atom. The molecule has 0 radical (unpaired) electrons. The molecule has 0 aromatic carbocycles. The minimum atomic E-state index is -1.50. The van der Waals surface area contributed by atoms with Crippen LogP contribution in [0.15, 0.2) is 0 Å². The second-order valence-electron chi connectivity index (χ2n) is 0.476. The van der Waals surface area contributed by atoms with Crippen molar-refractivity contribution in [2.75, 3.05) is 0 Å². The Hall–Kier alpha value is -0.834. The smallest absolute Gasteiger partial charge is 1.00 e. The van der Waals surface area contributed by atoms with E-state index in [2.05, 4.69) is 0 Å². The van der Waals surface area contributed by atoms with Crippen LogP contribution in [-0.4, -0.2) is 43.6 Å². The fourth-order valence-electron chi connectivity index (χ4n) is 0. The van der Waals surface area contributed by atoms with E-state index in [1.165, 1.54) is 0 Å². The van der Waals surface area contributed by atoms with Crippen molar-refractivity contribution in [1.29, 1.82) is 0 Å². The molecule has 52 valence electrons. The third-order valence-corrected chi connectivity index (χ3v) is 0. The summed E-state index contributed by atoms with van der Waals surface area (Å²) in [6.07, 6.45) is 0. The van der Waals surface area contributed by atoms with Gasteiger partial charge in [-0.1, -0.05) is 0 Å². The Balaban J connectivity index is -0.00000000308. The second-order valence-corrected chi connectivity index (χ2v) is 0.476. The Morgan fingerprint density at radius 1 is 1.22 bits per heavy atom. The van der Waals surface area contributed by atoms with E-state index in [4.69, 9.17) is 30.6 Å². The third kappa shape index (κ3) is 275. The number of rotatable bonds is 0. The van der Waals surface area contributed by atoms with Gasteiger partial charge in [-0.05, 0) is 0 Å². The van der Waals surface area contributed by atoms with Gasteiger partial charge < -0.3 is 13.3 Å². The summed E-state index contributed by atoms with van der Waals surface area (Å²) in [5.74, 6) is 0. The van der Waals surface area contributed by atoms with E-state index in [1.54, 1.807) is 0 Å². The Morgan fingerprint density at radius 2 is 1.22 bits per heavy atom. The van der Waals surface area contributed by atoms with Gasteiger partial charge in [0.05, 0.1) is 0 Å². The monoisotopic (exact) mass is 158 g/mol. The average Bonchev–Trinajstić information content (AvgIpc) is 1.25. The van der Waals surface area contributed by atoms with Gasteiger partial charge in [-0.15, -0.1) is 20.2 Å². The first kappa shape index (κ1) is 15.7. The summed E-state index contributed by atoms with van der Waals surface area (Å²) < 4.78 is 0. The van der Waals surface area contributed by atoms with Crippen molar-refractivity contribution < 1.29 is 32.0 Å². The summed E-state index contributed by atoms with van der Waals surface area (Å²) >= 11 is 0. The van der Waals surface area contributed by atoms with Crippen LogP contribution in [0.1, 0.15) is 11.4 Å². The molecular weight excluding hydrogens is 148 g/mol. The Kier molecular flexibility index (Phi) is 17.8. The zero-order valence-electron chi connectivity index (χ0n) is 12.1. The summed E-state index contributed by atoms with van der Waals surface area (Å²) in [4.78, 5) is 16.7. The molecule has 0 atom stereocenters. The maximum Gasteiger partial charge on any atom is 2.00 e. The second kappa shape index (κ2) is 10.2. The molecule has 0 aliphatic rings. The van der Waals surface area contributed by atoms with Crippen LogP contribution in [0, 0.1) is 20.2 Å². The zero-order chi connectivity index (χ0) is 7.15. The largest absolute Gasteiger partial charge is 2.00 e. The first-order valence-electron chi connectivity index (χ1n) is 1.13. The van der Waals surface area contributed by atoms with Crippen molar-refractivity contribution in [2.45, 2.75) is 0 Å². The van der Waals surface area contributed by atoms with Gasteiger partial charge in [0.1, 0.15) is 0 Å². The van der Waals surface area contributed by atoms with Gasteiger partial charge in [0.2, 0.25) is 0 Å². The molecule has 2 N–H and O–H groups in total. The fraction of sp³-hybridized carbons (Fsp3) is 0. The van der Waals surface area contributed by atoms with Crippen LogP contribution in [0.5, 0.6) is 0 Å². The SMILES string of the molecule is O=[N+]([O-])O.O=[N+]([O-])O.[H+].[H+].[H+].[H+].[H+].[H+].[H-].[H-].[Mg+2]. The van der Waals surface area contributed by atoms with Crippen molar-refractivity contribution >= 4 is 23.1 Å². The first-order valence-corrected chi connectivity index (χ1v) is 1.13. The summed E-state index contributed by atoms with van der Waals surface area (Å²) in [6, 6.07) is 0. The van der Waals surface area contributed by atoms with E-state index < -0.39 is 10.2 Å². The van der Waals surface area contributed by atoms with Crippen LogP contribution in [0.2, 0.25) is 0 Å². The molecule has 9 heteroatoms. The van der Waals surface area contributed by atoms with Crippen LogP contribution < -0.4 is 0 Å². The molecule has 0 rings (SSSR count). The van der Waals surface area contributed by atoms with E-state index >= 15 is 0 Å². The normalized spacial score (nSPS) is 5.33. The van der Waals surface area contributed by atoms with Crippen LogP contribution >= 0.6 is 0 Å². The molecule has 0 aromatic rings. The summed E-state index contributed by atoms with van der Waals surface area (Å²) in [5.41, 5.74) is 0. The molecule has 0 amide bonds. The van der Waals surface area contributed by atoms with E-state index in [-0.39, 0.29) is 34.5 Å². The summed E-state index contributed by atoms with van der Waals surface area (Å²) in [7, 11) is 0. The molecular formula is H10MgN2O6+6. The predicted molar refractivity (Wildman–Crippen MR) is 32.2 cm³/mol. The van der Waals surface area contributed by atoms with Crippen LogP contribution in [0.25, 0.3) is 0 Å². The standard InChI is InChI=1S/Mg.2HNO3.2H/c;2*2-1(3)4;;/h;2*(H,2,3,4);;/q+2;;;2*-1/p+6. The molecule has 0 bridgehead atoms. The van der Waals surface area contributed by atoms with Crippen molar-refractivity contribution in [2.24, 2.45) is 0 Å². The average molecular weight is 158 g/mol. The van der Waals surface area contributed by atoms with Crippen LogP contribution in [-0.2, 0) is 0 Å². The number of hydrogen-bond donors (Lipinski definition) is 2. The third-order valence-electron chi connectivity index (χ3n) is 0.